The van der Waals surface area contributed by atoms with Crippen LogP contribution in [-0.4, -0.2) is 47.6 Å². The molecule has 0 fully saturated rings. The zero-order valence-corrected chi connectivity index (χ0v) is 12.0. The molecule has 21 heavy (non-hydrogen) atoms. The van der Waals surface area contributed by atoms with Crippen molar-refractivity contribution < 1.29 is 24.2 Å². The molecule has 0 aliphatic carbocycles. The topological polar surface area (TPSA) is 88.4 Å². The van der Waals surface area contributed by atoms with Crippen LogP contribution in [0.4, 0.5) is 0 Å². The Morgan fingerprint density at radius 2 is 2.10 bits per heavy atom. The Hall–Kier alpha value is -2.41. The minimum Gasteiger partial charge on any atom is -0.497 e. The summed E-state index contributed by atoms with van der Waals surface area (Å²) in [6, 6.07) is 6.46. The number of hydrogen-bond donors (Lipinski definition) is 1. The van der Waals surface area contributed by atoms with Gasteiger partial charge < -0.3 is 14.6 Å². The Kier molecular flexibility index (Phi) is 3.95. The number of aliphatic hydroxyl groups is 1. The molecule has 1 heterocycles. The first-order valence-electron chi connectivity index (χ1n) is 6.26. The molecule has 1 aromatic rings. The fraction of sp³-hybridized carbons (Fsp3) is 0.357. The predicted octanol–water partition coefficient (Wildman–Crippen LogP) is 0.779. The molecular formula is C14H16N2O5. The molecular weight excluding hydrogens is 276 g/mol. The molecule has 0 aromatic heterocycles. The van der Waals surface area contributed by atoms with E-state index in [0.717, 1.165) is 5.01 Å². The highest BCUT2D eigenvalue weighted by Crippen LogP contribution is 2.27. The number of benzene rings is 1. The third-order valence-electron chi connectivity index (χ3n) is 3.11. The van der Waals surface area contributed by atoms with E-state index in [2.05, 4.69) is 9.84 Å². The third-order valence-corrected chi connectivity index (χ3v) is 3.11. The van der Waals surface area contributed by atoms with Crippen LogP contribution in [0.3, 0.4) is 0 Å². The van der Waals surface area contributed by atoms with Gasteiger partial charge in [0, 0.05) is 12.0 Å². The molecule has 7 heteroatoms. The molecule has 0 saturated heterocycles. The van der Waals surface area contributed by atoms with Crippen molar-refractivity contribution >= 4 is 17.6 Å². The molecule has 7 nitrogen and oxygen atoms in total. The normalized spacial score (nSPS) is 21.0. The molecule has 1 atom stereocenters. The molecule has 1 N–H and O–H groups in total. The average Bonchev–Trinajstić information content (AvgIpc) is 2.81. The van der Waals surface area contributed by atoms with Crippen LogP contribution >= 0.6 is 0 Å². The summed E-state index contributed by atoms with van der Waals surface area (Å²) < 4.78 is 9.61. The average molecular weight is 292 g/mol. The van der Waals surface area contributed by atoms with Crippen LogP contribution in [0.5, 0.6) is 5.75 Å². The number of carbonyl (C=O) groups is 2. The van der Waals surface area contributed by atoms with Gasteiger partial charge in [-0.3, -0.25) is 4.79 Å². The van der Waals surface area contributed by atoms with E-state index < -0.39 is 17.6 Å². The van der Waals surface area contributed by atoms with E-state index >= 15 is 0 Å². The summed E-state index contributed by atoms with van der Waals surface area (Å²) in [4.78, 5) is 23.9. The largest absolute Gasteiger partial charge is 0.497 e. The number of amides is 1. The van der Waals surface area contributed by atoms with E-state index in [4.69, 9.17) is 4.74 Å². The Morgan fingerprint density at radius 3 is 2.71 bits per heavy atom. The van der Waals surface area contributed by atoms with Gasteiger partial charge in [-0.25, -0.2) is 4.79 Å². The highest BCUT2D eigenvalue weighted by atomic mass is 16.5. The van der Waals surface area contributed by atoms with E-state index in [-0.39, 0.29) is 12.1 Å². The van der Waals surface area contributed by atoms with E-state index in [1.54, 1.807) is 18.2 Å². The van der Waals surface area contributed by atoms with Crippen LogP contribution in [0.1, 0.15) is 23.7 Å². The Balaban J connectivity index is 2.32. The SMILES string of the molecule is COC(=O)C1=NN(C(=O)c2cccc(OC)c2)C(C)(O)C1. The number of nitrogens with zero attached hydrogens (tertiary/aromatic N) is 2. The molecule has 0 spiro atoms. The first kappa shape index (κ1) is 15.0. The quantitative estimate of drug-likeness (QED) is 0.832. The maximum absolute atomic E-state index is 12.4. The second kappa shape index (κ2) is 5.53. The van der Waals surface area contributed by atoms with Crippen molar-refractivity contribution in [1.29, 1.82) is 0 Å². The molecule has 112 valence electrons. The summed E-state index contributed by atoms with van der Waals surface area (Å²) in [6.07, 6.45) is -0.0879. The van der Waals surface area contributed by atoms with Gasteiger partial charge in [-0.1, -0.05) is 6.07 Å². The second-order valence-electron chi connectivity index (χ2n) is 4.78. The lowest BCUT2D eigenvalue weighted by Gasteiger charge is -2.26. The lowest BCUT2D eigenvalue weighted by molar-refractivity contribution is -0.133. The summed E-state index contributed by atoms with van der Waals surface area (Å²) in [5.41, 5.74) is -1.29. The number of methoxy groups -OCH3 is 2. The van der Waals surface area contributed by atoms with Crippen molar-refractivity contribution in [2.24, 2.45) is 5.10 Å². The van der Waals surface area contributed by atoms with E-state index in [9.17, 15) is 14.7 Å². The van der Waals surface area contributed by atoms with Gasteiger partial charge in [0.1, 0.15) is 5.75 Å². The third kappa shape index (κ3) is 2.87. The highest BCUT2D eigenvalue weighted by Gasteiger charge is 2.43. The number of esters is 1. The van der Waals surface area contributed by atoms with E-state index in [1.807, 2.05) is 0 Å². The van der Waals surface area contributed by atoms with Crippen LogP contribution in [0, 0.1) is 0 Å². The fourth-order valence-electron chi connectivity index (χ4n) is 2.03. The van der Waals surface area contributed by atoms with Crippen molar-refractivity contribution in [1.82, 2.24) is 5.01 Å². The molecule has 1 aliphatic heterocycles. The number of hydrazone groups is 1. The number of hydrogen-bond acceptors (Lipinski definition) is 6. The van der Waals surface area contributed by atoms with Gasteiger partial charge in [0.05, 0.1) is 14.2 Å². The first-order valence-corrected chi connectivity index (χ1v) is 6.26. The molecule has 0 bridgehead atoms. The molecule has 1 aromatic carbocycles. The van der Waals surface area contributed by atoms with Crippen molar-refractivity contribution in [3.63, 3.8) is 0 Å². The van der Waals surface area contributed by atoms with Gasteiger partial charge in [0.2, 0.25) is 0 Å². The van der Waals surface area contributed by atoms with Gasteiger partial charge in [0.15, 0.2) is 11.4 Å². The Morgan fingerprint density at radius 1 is 1.38 bits per heavy atom. The molecule has 1 amide bonds. The number of carbonyl (C=O) groups excluding carboxylic acids is 2. The molecule has 1 unspecified atom stereocenters. The molecule has 2 rings (SSSR count). The zero-order valence-electron chi connectivity index (χ0n) is 12.0. The Labute approximate surface area is 121 Å². The van der Waals surface area contributed by atoms with Crippen LogP contribution < -0.4 is 4.74 Å². The molecule has 0 saturated carbocycles. The van der Waals surface area contributed by atoms with Gasteiger partial charge in [-0.05, 0) is 25.1 Å². The monoisotopic (exact) mass is 292 g/mol. The maximum Gasteiger partial charge on any atom is 0.354 e. The van der Waals surface area contributed by atoms with Crippen LogP contribution in [0.25, 0.3) is 0 Å². The minimum atomic E-state index is -1.58. The number of rotatable bonds is 3. The zero-order chi connectivity index (χ0) is 15.6. The lowest BCUT2D eigenvalue weighted by atomic mass is 10.1. The summed E-state index contributed by atoms with van der Waals surface area (Å²) in [7, 11) is 2.70. The standard InChI is InChI=1S/C14H16N2O5/c1-14(19)8-11(13(18)21-3)15-16(14)12(17)9-5-4-6-10(7-9)20-2/h4-7,19H,8H2,1-3H3. The smallest absolute Gasteiger partial charge is 0.354 e. The number of ether oxygens (including phenoxy) is 2. The lowest BCUT2D eigenvalue weighted by Crippen LogP contribution is -2.43. The van der Waals surface area contributed by atoms with Crippen molar-refractivity contribution in [2.75, 3.05) is 14.2 Å². The van der Waals surface area contributed by atoms with Crippen LogP contribution in [0.2, 0.25) is 0 Å². The van der Waals surface area contributed by atoms with Gasteiger partial charge in [0.25, 0.3) is 5.91 Å². The minimum absolute atomic E-state index is 0.00116. The summed E-state index contributed by atoms with van der Waals surface area (Å²) in [5.74, 6) is -0.689. The second-order valence-corrected chi connectivity index (χ2v) is 4.78. The molecule has 0 radical (unpaired) electrons. The first-order chi connectivity index (χ1) is 9.89. The Bertz CT molecular complexity index is 609. The van der Waals surface area contributed by atoms with Crippen molar-refractivity contribution in [3.05, 3.63) is 29.8 Å². The maximum atomic E-state index is 12.4. The summed E-state index contributed by atoms with van der Waals surface area (Å²) in [5, 5.41) is 15.0. The van der Waals surface area contributed by atoms with Gasteiger partial charge in [-0.2, -0.15) is 10.1 Å². The summed E-state index contributed by atoms with van der Waals surface area (Å²) >= 11 is 0. The van der Waals surface area contributed by atoms with Crippen LogP contribution in [-0.2, 0) is 9.53 Å². The summed E-state index contributed by atoms with van der Waals surface area (Å²) in [6.45, 7) is 1.41. The van der Waals surface area contributed by atoms with Crippen LogP contribution in [0.15, 0.2) is 29.4 Å². The van der Waals surface area contributed by atoms with Gasteiger partial charge in [-0.15, -0.1) is 0 Å². The van der Waals surface area contributed by atoms with Gasteiger partial charge >= 0.3 is 5.97 Å². The van der Waals surface area contributed by atoms with E-state index in [1.165, 1.54) is 27.2 Å². The predicted molar refractivity (Wildman–Crippen MR) is 73.9 cm³/mol. The highest BCUT2D eigenvalue weighted by molar-refractivity contribution is 6.37. The van der Waals surface area contributed by atoms with Crippen molar-refractivity contribution in [3.8, 4) is 5.75 Å². The van der Waals surface area contributed by atoms with Crippen molar-refractivity contribution in [2.45, 2.75) is 19.1 Å². The molecule has 1 aliphatic rings. The van der Waals surface area contributed by atoms with E-state index in [0.29, 0.717) is 11.3 Å². The fourth-order valence-corrected chi connectivity index (χ4v) is 2.03.